The number of hydrogen-bond acceptors (Lipinski definition) is 3. The molecule has 0 saturated carbocycles. The van der Waals surface area contributed by atoms with Gasteiger partial charge in [-0.3, -0.25) is 9.78 Å². The van der Waals surface area contributed by atoms with Gasteiger partial charge in [0.25, 0.3) is 0 Å². The molecule has 0 aliphatic carbocycles. The highest BCUT2D eigenvalue weighted by Crippen LogP contribution is 2.37. The Morgan fingerprint density at radius 3 is 2.75 bits per heavy atom. The SMILES string of the molecule is Cc1cc(-c2[nH]c3ccc(C(C)(C)C(=O)NCC4CCCNC4)cc3c2C(C)C)ccn1. The van der Waals surface area contributed by atoms with Crippen LogP contribution in [0.3, 0.4) is 0 Å². The summed E-state index contributed by atoms with van der Waals surface area (Å²) in [7, 11) is 0. The number of aromatic amines is 1. The normalized spacial score (nSPS) is 17.1. The Kier molecular flexibility index (Phi) is 6.38. The Bertz CT molecular complexity index is 1110. The van der Waals surface area contributed by atoms with Crippen molar-refractivity contribution in [1.29, 1.82) is 0 Å². The number of piperidine rings is 1. The van der Waals surface area contributed by atoms with Gasteiger partial charge in [-0.1, -0.05) is 19.9 Å². The Morgan fingerprint density at radius 2 is 2.06 bits per heavy atom. The number of nitrogens with one attached hydrogen (secondary N) is 3. The molecule has 1 atom stereocenters. The van der Waals surface area contributed by atoms with E-state index in [1.165, 1.54) is 23.8 Å². The molecule has 0 radical (unpaired) electrons. The van der Waals surface area contributed by atoms with Crippen LogP contribution < -0.4 is 10.6 Å². The van der Waals surface area contributed by atoms with E-state index >= 15 is 0 Å². The van der Waals surface area contributed by atoms with Crippen LogP contribution in [-0.2, 0) is 10.2 Å². The van der Waals surface area contributed by atoms with Crippen LogP contribution in [0.5, 0.6) is 0 Å². The molecule has 4 rings (SSSR count). The van der Waals surface area contributed by atoms with E-state index in [1.54, 1.807) is 0 Å². The maximum Gasteiger partial charge on any atom is 0.230 e. The van der Waals surface area contributed by atoms with Gasteiger partial charge in [-0.05, 0) is 93.9 Å². The highest BCUT2D eigenvalue weighted by Gasteiger charge is 2.31. The lowest BCUT2D eigenvalue weighted by molar-refractivity contribution is -0.125. The smallest absolute Gasteiger partial charge is 0.230 e. The molecule has 0 spiro atoms. The fourth-order valence-corrected chi connectivity index (χ4v) is 4.82. The summed E-state index contributed by atoms with van der Waals surface area (Å²) in [6.07, 6.45) is 4.23. The second-order valence-electron chi connectivity index (χ2n) is 10.1. The van der Waals surface area contributed by atoms with E-state index in [1.807, 2.05) is 27.0 Å². The topological polar surface area (TPSA) is 69.8 Å². The zero-order valence-corrected chi connectivity index (χ0v) is 20.0. The average molecular weight is 433 g/mol. The van der Waals surface area contributed by atoms with Crippen LogP contribution in [0, 0.1) is 12.8 Å². The van der Waals surface area contributed by atoms with Gasteiger partial charge in [0.15, 0.2) is 0 Å². The minimum atomic E-state index is -0.602. The molecule has 1 amide bonds. The largest absolute Gasteiger partial charge is 0.355 e. The number of hydrogen-bond donors (Lipinski definition) is 3. The van der Waals surface area contributed by atoms with Crippen molar-refractivity contribution in [3.8, 4) is 11.3 Å². The number of carbonyl (C=O) groups excluding carboxylic acids is 1. The van der Waals surface area contributed by atoms with Crippen molar-refractivity contribution < 1.29 is 4.79 Å². The minimum absolute atomic E-state index is 0.0917. The zero-order chi connectivity index (χ0) is 22.9. The van der Waals surface area contributed by atoms with Gasteiger partial charge >= 0.3 is 0 Å². The fraction of sp³-hybridized carbons (Fsp3) is 0.481. The number of nitrogens with zero attached hydrogens (tertiary/aromatic N) is 1. The number of carbonyl (C=O) groups is 1. The highest BCUT2D eigenvalue weighted by atomic mass is 16.2. The quantitative estimate of drug-likeness (QED) is 0.510. The third-order valence-electron chi connectivity index (χ3n) is 6.84. The summed E-state index contributed by atoms with van der Waals surface area (Å²) in [5.74, 6) is 0.960. The van der Waals surface area contributed by atoms with Gasteiger partial charge in [0.05, 0.1) is 11.1 Å². The van der Waals surface area contributed by atoms with Gasteiger partial charge in [0.2, 0.25) is 5.91 Å². The van der Waals surface area contributed by atoms with E-state index in [0.717, 1.165) is 47.7 Å². The number of pyridine rings is 1. The van der Waals surface area contributed by atoms with Crippen LogP contribution in [0.15, 0.2) is 36.5 Å². The average Bonchev–Trinajstić information content (AvgIpc) is 3.17. The van der Waals surface area contributed by atoms with E-state index in [9.17, 15) is 4.79 Å². The third-order valence-corrected chi connectivity index (χ3v) is 6.84. The summed E-state index contributed by atoms with van der Waals surface area (Å²) in [6.45, 7) is 13.3. The molecule has 3 heterocycles. The minimum Gasteiger partial charge on any atom is -0.355 e. The molecule has 3 aromatic rings. The standard InChI is InChI=1S/C27H36N4O/c1-17(2)24-22-14-21(27(4,5)26(32)30-16-19-7-6-11-28-15-19)8-9-23(22)31-25(24)20-10-12-29-18(3)13-20/h8-10,12-14,17,19,28,31H,6-7,11,15-16H2,1-5H3,(H,30,32). The second-order valence-corrected chi connectivity index (χ2v) is 10.1. The first-order chi connectivity index (χ1) is 15.3. The lowest BCUT2D eigenvalue weighted by Crippen LogP contribution is -2.44. The number of H-pyrrole nitrogens is 1. The Morgan fingerprint density at radius 1 is 1.25 bits per heavy atom. The zero-order valence-electron chi connectivity index (χ0n) is 20.0. The maximum absolute atomic E-state index is 13.2. The molecule has 1 fully saturated rings. The van der Waals surface area contributed by atoms with Gasteiger partial charge in [0.1, 0.15) is 0 Å². The molecule has 1 aromatic carbocycles. The summed E-state index contributed by atoms with van der Waals surface area (Å²) >= 11 is 0. The molecule has 5 heteroatoms. The number of fused-ring (bicyclic) bond motifs is 1. The molecule has 170 valence electrons. The van der Waals surface area contributed by atoms with Crippen LogP contribution in [0.2, 0.25) is 0 Å². The summed E-state index contributed by atoms with van der Waals surface area (Å²) < 4.78 is 0. The monoisotopic (exact) mass is 432 g/mol. The first-order valence-corrected chi connectivity index (χ1v) is 11.9. The van der Waals surface area contributed by atoms with E-state index in [2.05, 4.69) is 64.8 Å². The lowest BCUT2D eigenvalue weighted by Gasteiger charge is -2.28. The fourth-order valence-electron chi connectivity index (χ4n) is 4.82. The molecule has 32 heavy (non-hydrogen) atoms. The molecule has 3 N–H and O–H groups in total. The summed E-state index contributed by atoms with van der Waals surface area (Å²) in [5.41, 5.74) is 6.13. The summed E-state index contributed by atoms with van der Waals surface area (Å²) in [6, 6.07) is 10.6. The maximum atomic E-state index is 13.2. The number of benzene rings is 1. The summed E-state index contributed by atoms with van der Waals surface area (Å²) in [5, 5.41) is 7.84. The highest BCUT2D eigenvalue weighted by molar-refractivity contribution is 5.94. The Hall–Kier alpha value is -2.66. The van der Waals surface area contributed by atoms with Crippen molar-refractivity contribution in [1.82, 2.24) is 20.6 Å². The molecule has 1 aliphatic heterocycles. The third kappa shape index (κ3) is 4.44. The van der Waals surface area contributed by atoms with Gasteiger partial charge in [0, 0.05) is 34.9 Å². The van der Waals surface area contributed by atoms with Crippen molar-refractivity contribution in [2.24, 2.45) is 5.92 Å². The molecular weight excluding hydrogens is 396 g/mol. The summed E-state index contributed by atoms with van der Waals surface area (Å²) in [4.78, 5) is 21.2. The van der Waals surface area contributed by atoms with Gasteiger partial charge < -0.3 is 15.6 Å². The second kappa shape index (κ2) is 9.07. The van der Waals surface area contributed by atoms with Crippen molar-refractivity contribution in [3.05, 3.63) is 53.3 Å². The molecule has 1 unspecified atom stereocenters. The van der Waals surface area contributed by atoms with E-state index in [0.29, 0.717) is 11.8 Å². The van der Waals surface area contributed by atoms with Gasteiger partial charge in [-0.2, -0.15) is 0 Å². The van der Waals surface area contributed by atoms with Gasteiger partial charge in [-0.15, -0.1) is 0 Å². The number of aromatic nitrogens is 2. The van der Waals surface area contributed by atoms with Crippen molar-refractivity contribution in [3.63, 3.8) is 0 Å². The molecule has 5 nitrogen and oxygen atoms in total. The van der Waals surface area contributed by atoms with Crippen LogP contribution in [-0.4, -0.2) is 35.5 Å². The lowest BCUT2D eigenvalue weighted by atomic mass is 9.82. The molecule has 1 aliphatic rings. The van der Waals surface area contributed by atoms with E-state index in [-0.39, 0.29) is 5.91 Å². The molecular formula is C27H36N4O. The predicted octanol–water partition coefficient (Wildman–Crippen LogP) is 5.06. The van der Waals surface area contributed by atoms with Crippen LogP contribution in [0.25, 0.3) is 22.2 Å². The molecule has 2 aromatic heterocycles. The predicted molar refractivity (Wildman–Crippen MR) is 132 cm³/mol. The van der Waals surface area contributed by atoms with Crippen LogP contribution >= 0.6 is 0 Å². The number of amides is 1. The van der Waals surface area contributed by atoms with E-state index < -0.39 is 5.41 Å². The number of aryl methyl sites for hydroxylation is 1. The first kappa shape index (κ1) is 22.5. The van der Waals surface area contributed by atoms with Crippen molar-refractivity contribution >= 4 is 16.8 Å². The van der Waals surface area contributed by atoms with Crippen molar-refractivity contribution in [2.45, 2.75) is 58.8 Å². The van der Waals surface area contributed by atoms with Crippen LogP contribution in [0.1, 0.15) is 63.3 Å². The number of rotatable bonds is 6. The van der Waals surface area contributed by atoms with E-state index in [4.69, 9.17) is 0 Å². The van der Waals surface area contributed by atoms with Crippen molar-refractivity contribution in [2.75, 3.05) is 19.6 Å². The first-order valence-electron chi connectivity index (χ1n) is 11.9. The Labute approximate surface area is 191 Å². The Balaban J connectivity index is 1.66. The molecule has 0 bridgehead atoms. The molecule has 1 saturated heterocycles. The van der Waals surface area contributed by atoms with Crippen LogP contribution in [0.4, 0.5) is 0 Å². The van der Waals surface area contributed by atoms with Gasteiger partial charge in [-0.25, -0.2) is 0 Å².